The quantitative estimate of drug-likeness (QED) is 0.858. The maximum Gasteiger partial charge on any atom is 0.331 e. The molecule has 1 saturated heterocycles. The van der Waals surface area contributed by atoms with Gasteiger partial charge in [-0.25, -0.2) is 13.6 Å². The van der Waals surface area contributed by atoms with E-state index < -0.39 is 29.0 Å². The van der Waals surface area contributed by atoms with E-state index in [9.17, 15) is 23.5 Å². The molecule has 2 N–H and O–H groups in total. The first-order chi connectivity index (χ1) is 9.94. The van der Waals surface area contributed by atoms with Crippen LogP contribution in [0.3, 0.4) is 0 Å². The second kappa shape index (κ2) is 6.17. The molecule has 1 unspecified atom stereocenters. The molecule has 1 atom stereocenters. The standard InChI is InChI=1S/C14H15F2NO4/c15-10-3-1-2-9(12(10)16)4-5-11(18)17-14(13(19)20)6-7-21-8-14/h1-3H,4-8H2,(H,17,18)(H,19,20). The first-order valence-corrected chi connectivity index (χ1v) is 6.50. The molecule has 0 bridgehead atoms. The molecule has 1 aromatic carbocycles. The van der Waals surface area contributed by atoms with E-state index >= 15 is 0 Å². The van der Waals surface area contributed by atoms with Crippen LogP contribution in [-0.2, 0) is 20.7 Å². The van der Waals surface area contributed by atoms with Gasteiger partial charge in [-0.1, -0.05) is 12.1 Å². The van der Waals surface area contributed by atoms with Crippen molar-refractivity contribution in [3.8, 4) is 0 Å². The summed E-state index contributed by atoms with van der Waals surface area (Å²) in [7, 11) is 0. The number of benzene rings is 1. The van der Waals surface area contributed by atoms with Gasteiger partial charge in [-0.3, -0.25) is 4.79 Å². The lowest BCUT2D eigenvalue weighted by atomic mass is 9.98. The average molecular weight is 299 g/mol. The zero-order valence-electron chi connectivity index (χ0n) is 11.2. The zero-order valence-corrected chi connectivity index (χ0v) is 11.2. The summed E-state index contributed by atoms with van der Waals surface area (Å²) < 4.78 is 31.5. The molecule has 0 saturated carbocycles. The van der Waals surface area contributed by atoms with Crippen LogP contribution in [-0.4, -0.2) is 35.7 Å². The molecule has 0 aromatic heterocycles. The fourth-order valence-corrected chi connectivity index (χ4v) is 2.20. The summed E-state index contributed by atoms with van der Waals surface area (Å²) in [4.78, 5) is 23.1. The monoisotopic (exact) mass is 299 g/mol. The van der Waals surface area contributed by atoms with Gasteiger partial charge in [0.05, 0.1) is 6.61 Å². The Kier molecular flexibility index (Phi) is 4.52. The van der Waals surface area contributed by atoms with Crippen LogP contribution in [0.15, 0.2) is 18.2 Å². The van der Waals surface area contributed by atoms with Crippen molar-refractivity contribution >= 4 is 11.9 Å². The Balaban J connectivity index is 1.96. The van der Waals surface area contributed by atoms with Gasteiger partial charge in [0.15, 0.2) is 17.2 Å². The molecule has 1 aliphatic heterocycles. The molecule has 7 heteroatoms. The maximum absolute atomic E-state index is 13.4. The Morgan fingerprint density at radius 1 is 1.38 bits per heavy atom. The number of aryl methyl sites for hydroxylation is 1. The Hall–Kier alpha value is -2.02. The summed E-state index contributed by atoms with van der Waals surface area (Å²) in [6.07, 6.45) is 0.0454. The van der Waals surface area contributed by atoms with Gasteiger partial charge in [-0.05, 0) is 18.1 Å². The molecule has 2 rings (SSSR count). The highest BCUT2D eigenvalue weighted by Gasteiger charge is 2.43. The second-order valence-corrected chi connectivity index (χ2v) is 4.95. The number of nitrogens with one attached hydrogen (secondary N) is 1. The number of halogens is 2. The highest BCUT2D eigenvalue weighted by atomic mass is 19.2. The van der Waals surface area contributed by atoms with Crippen molar-refractivity contribution in [3.63, 3.8) is 0 Å². The Bertz CT molecular complexity index is 556. The fourth-order valence-electron chi connectivity index (χ4n) is 2.20. The first kappa shape index (κ1) is 15.4. The zero-order chi connectivity index (χ0) is 15.5. The molecule has 1 aromatic rings. The number of hydrogen-bond acceptors (Lipinski definition) is 3. The van der Waals surface area contributed by atoms with Crippen molar-refractivity contribution in [2.75, 3.05) is 13.2 Å². The van der Waals surface area contributed by atoms with Crippen LogP contribution in [0.2, 0.25) is 0 Å². The van der Waals surface area contributed by atoms with Crippen LogP contribution in [0.5, 0.6) is 0 Å². The van der Waals surface area contributed by atoms with Crippen molar-refractivity contribution in [2.45, 2.75) is 24.8 Å². The number of carboxylic acids is 1. The van der Waals surface area contributed by atoms with Crippen molar-refractivity contribution in [3.05, 3.63) is 35.4 Å². The van der Waals surface area contributed by atoms with E-state index in [4.69, 9.17) is 4.74 Å². The summed E-state index contributed by atoms with van der Waals surface area (Å²) in [5.74, 6) is -3.65. The number of ether oxygens (including phenoxy) is 1. The molecule has 1 aliphatic rings. The van der Waals surface area contributed by atoms with Gasteiger partial charge in [0.25, 0.3) is 0 Å². The Labute approximate surface area is 119 Å². The van der Waals surface area contributed by atoms with E-state index in [1.165, 1.54) is 12.1 Å². The molecule has 1 heterocycles. The predicted molar refractivity (Wildman–Crippen MR) is 68.6 cm³/mol. The topological polar surface area (TPSA) is 75.6 Å². The molecule has 5 nitrogen and oxygen atoms in total. The molecular weight excluding hydrogens is 284 g/mol. The molecule has 0 spiro atoms. The third-order valence-electron chi connectivity index (χ3n) is 3.46. The lowest BCUT2D eigenvalue weighted by Gasteiger charge is -2.23. The molecule has 0 aliphatic carbocycles. The van der Waals surface area contributed by atoms with Crippen LogP contribution in [0.4, 0.5) is 8.78 Å². The average Bonchev–Trinajstić information content (AvgIpc) is 2.90. The summed E-state index contributed by atoms with van der Waals surface area (Å²) in [6.45, 7) is 0.160. The molecule has 1 fully saturated rings. The SMILES string of the molecule is O=C(CCc1cccc(F)c1F)NC1(C(=O)O)CCOC1. The fraction of sp³-hybridized carbons (Fsp3) is 0.429. The molecule has 1 amide bonds. The third-order valence-corrected chi connectivity index (χ3v) is 3.46. The smallest absolute Gasteiger partial charge is 0.331 e. The minimum Gasteiger partial charge on any atom is -0.479 e. The van der Waals surface area contributed by atoms with Gasteiger partial charge >= 0.3 is 5.97 Å². The Morgan fingerprint density at radius 2 is 2.14 bits per heavy atom. The number of amides is 1. The van der Waals surface area contributed by atoms with Crippen LogP contribution in [0, 0.1) is 11.6 Å². The summed E-state index contributed by atoms with van der Waals surface area (Å²) in [6, 6.07) is 3.74. The second-order valence-electron chi connectivity index (χ2n) is 4.95. The van der Waals surface area contributed by atoms with Crippen molar-refractivity contribution in [1.82, 2.24) is 5.32 Å². The van der Waals surface area contributed by atoms with Crippen LogP contribution < -0.4 is 5.32 Å². The lowest BCUT2D eigenvalue weighted by molar-refractivity contribution is -0.147. The van der Waals surface area contributed by atoms with Gasteiger partial charge in [-0.15, -0.1) is 0 Å². The van der Waals surface area contributed by atoms with E-state index in [0.29, 0.717) is 0 Å². The molecular formula is C14H15F2NO4. The molecule has 114 valence electrons. The van der Waals surface area contributed by atoms with E-state index in [1.54, 1.807) is 0 Å². The summed E-state index contributed by atoms with van der Waals surface area (Å²) in [5.41, 5.74) is -1.34. The van der Waals surface area contributed by atoms with Gasteiger partial charge in [-0.2, -0.15) is 0 Å². The van der Waals surface area contributed by atoms with Gasteiger partial charge in [0.2, 0.25) is 5.91 Å². The first-order valence-electron chi connectivity index (χ1n) is 6.50. The van der Waals surface area contributed by atoms with E-state index in [1.807, 2.05) is 0 Å². The van der Waals surface area contributed by atoms with Crippen LogP contribution in [0.1, 0.15) is 18.4 Å². The summed E-state index contributed by atoms with van der Waals surface area (Å²) in [5, 5.41) is 11.6. The number of rotatable bonds is 5. The number of carboxylic acid groups (broad SMARTS) is 1. The summed E-state index contributed by atoms with van der Waals surface area (Å²) >= 11 is 0. The van der Waals surface area contributed by atoms with Gasteiger partial charge in [0, 0.05) is 19.4 Å². The van der Waals surface area contributed by atoms with Crippen LogP contribution in [0.25, 0.3) is 0 Å². The normalized spacial score (nSPS) is 21.2. The largest absolute Gasteiger partial charge is 0.479 e. The number of carbonyl (C=O) groups excluding carboxylic acids is 1. The number of carbonyl (C=O) groups is 2. The molecule has 0 radical (unpaired) electrons. The number of hydrogen-bond donors (Lipinski definition) is 2. The predicted octanol–water partition coefficient (Wildman–Crippen LogP) is 1.26. The maximum atomic E-state index is 13.4. The van der Waals surface area contributed by atoms with E-state index in [0.717, 1.165) is 6.07 Å². The van der Waals surface area contributed by atoms with Crippen molar-refractivity contribution in [1.29, 1.82) is 0 Å². The minimum atomic E-state index is -1.42. The van der Waals surface area contributed by atoms with E-state index in [-0.39, 0.29) is 38.0 Å². The third kappa shape index (κ3) is 3.36. The van der Waals surface area contributed by atoms with Gasteiger partial charge in [0.1, 0.15) is 0 Å². The van der Waals surface area contributed by atoms with E-state index in [2.05, 4.69) is 5.32 Å². The van der Waals surface area contributed by atoms with Crippen molar-refractivity contribution < 1.29 is 28.2 Å². The van der Waals surface area contributed by atoms with Gasteiger partial charge < -0.3 is 15.2 Å². The Morgan fingerprint density at radius 3 is 2.76 bits per heavy atom. The minimum absolute atomic E-state index is 0.00795. The highest BCUT2D eigenvalue weighted by molar-refractivity contribution is 5.87. The number of aliphatic carboxylic acids is 1. The lowest BCUT2D eigenvalue weighted by Crippen LogP contribution is -2.55. The molecule has 21 heavy (non-hydrogen) atoms. The van der Waals surface area contributed by atoms with Crippen molar-refractivity contribution in [2.24, 2.45) is 0 Å². The van der Waals surface area contributed by atoms with Crippen LogP contribution >= 0.6 is 0 Å². The highest BCUT2D eigenvalue weighted by Crippen LogP contribution is 2.19.